The Morgan fingerprint density at radius 2 is 1.97 bits per heavy atom. The summed E-state index contributed by atoms with van der Waals surface area (Å²) in [7, 11) is 4.79. The summed E-state index contributed by atoms with van der Waals surface area (Å²) in [5.74, 6) is -0.0309. The van der Waals surface area contributed by atoms with Crippen LogP contribution in [0.1, 0.15) is 36.8 Å². The number of carbonyl (C=O) groups is 1. The van der Waals surface area contributed by atoms with Gasteiger partial charge in [-0.15, -0.1) is 6.54 Å². The average Bonchev–Trinajstić information content (AvgIpc) is 2.89. The fourth-order valence-corrected chi connectivity index (χ4v) is 3.49. The van der Waals surface area contributed by atoms with Gasteiger partial charge in [0.25, 0.3) is 5.56 Å². The van der Waals surface area contributed by atoms with Crippen LogP contribution < -0.4 is 95.1 Å². The first kappa shape index (κ1) is 32.4. The first-order valence-electron chi connectivity index (χ1n) is 11.4. The number of benzene rings is 1. The monoisotopic (exact) mass is 616 g/mol. The molecule has 0 atom stereocenters. The number of nitrogens with one attached hydrogen (secondary N) is 2. The molecule has 0 amide bonds. The van der Waals surface area contributed by atoms with Crippen molar-refractivity contribution in [2.75, 3.05) is 31.6 Å². The molecule has 36 heavy (non-hydrogen) atoms. The van der Waals surface area contributed by atoms with Crippen molar-refractivity contribution in [1.29, 1.82) is 0 Å². The van der Waals surface area contributed by atoms with E-state index in [0.29, 0.717) is 42.8 Å². The quantitative estimate of drug-likeness (QED) is 0.178. The van der Waals surface area contributed by atoms with Crippen LogP contribution >= 0.6 is 0 Å². The Kier molecular flexibility index (Phi) is 14.7. The number of fused-ring (bicyclic) bond motifs is 1. The predicted octanol–water partition coefficient (Wildman–Crippen LogP) is -0.478. The first-order chi connectivity index (χ1) is 16.9. The second-order valence-corrected chi connectivity index (χ2v) is 7.19. The molecule has 3 aromatic rings. The number of hydrogen-bond acceptors (Lipinski definition) is 8. The van der Waals surface area contributed by atoms with Gasteiger partial charge in [-0.1, -0.05) is 13.8 Å². The molecule has 2 aromatic heterocycles. The number of aromatic amines is 1. The van der Waals surface area contributed by atoms with Crippen LogP contribution in [-0.2, 0) is 17.8 Å². The number of H-pyrrole nitrogens is 1. The first-order valence-corrected chi connectivity index (χ1v) is 11.4. The molecule has 0 aliphatic heterocycles. The smallest absolute Gasteiger partial charge is 0.665 e. The van der Waals surface area contributed by atoms with E-state index >= 15 is 0 Å². The third-order valence-electron chi connectivity index (χ3n) is 5.29. The Bertz CT molecular complexity index is 1240. The molecule has 2 N–H and O–H groups in total. The van der Waals surface area contributed by atoms with Gasteiger partial charge in [-0.05, 0) is 31.2 Å². The summed E-state index contributed by atoms with van der Waals surface area (Å²) in [6.45, 7) is 12.1. The Morgan fingerprint density at radius 3 is 2.53 bits per heavy atom. The van der Waals surface area contributed by atoms with E-state index < -0.39 is 11.7 Å². The number of methoxy groups -OCH3 is 1. The number of carbonyl (C=O) groups excluding carboxylic acids is 1. The number of aromatic nitrogens is 3. The molecule has 11 heteroatoms. The Balaban J connectivity index is 0.00000211. The minimum absolute atomic E-state index is 0. The molecule has 0 unspecified atom stereocenters. The average molecular weight is 616 g/mol. The second-order valence-electron chi connectivity index (χ2n) is 7.19. The second kappa shape index (κ2) is 16.3. The van der Waals surface area contributed by atoms with Crippen molar-refractivity contribution in [3.05, 3.63) is 76.6 Å². The van der Waals surface area contributed by atoms with Gasteiger partial charge in [-0.3, -0.25) is 9.36 Å². The molecular weight excluding hydrogens is 583 g/mol. The fraction of sp³-hybridized carbons (Fsp3) is 0.360. The predicted molar refractivity (Wildman–Crippen MR) is 137 cm³/mol. The normalized spacial score (nSPS) is 10.2. The zero-order valence-corrected chi connectivity index (χ0v) is 28.0. The molecule has 10 nitrogen and oxygen atoms in total. The van der Waals surface area contributed by atoms with Crippen LogP contribution in [0.15, 0.2) is 40.1 Å². The van der Waals surface area contributed by atoms with Gasteiger partial charge < -0.3 is 31.6 Å². The molecular formula is C25H33CsN5O5-. The SMILES string of the molecule is CC.[CH2-]CN(CCNCc1cc2[nH]c(=O)n(CC)c(=O)c2cc1O[CH2-])c1ccc(C(=O)OC)nc1.[Cs+]. The molecule has 2 heterocycles. The van der Waals surface area contributed by atoms with E-state index in [0.717, 1.165) is 15.8 Å². The molecule has 0 saturated heterocycles. The molecule has 0 radical (unpaired) electrons. The van der Waals surface area contributed by atoms with Crippen molar-refractivity contribution in [3.63, 3.8) is 0 Å². The molecule has 0 aliphatic rings. The van der Waals surface area contributed by atoms with Crippen LogP contribution in [0.25, 0.3) is 10.9 Å². The van der Waals surface area contributed by atoms with Gasteiger partial charge in [0.05, 0.1) is 35.6 Å². The third-order valence-corrected chi connectivity index (χ3v) is 5.29. The number of pyridine rings is 1. The van der Waals surface area contributed by atoms with E-state index in [1.165, 1.54) is 7.11 Å². The zero-order valence-electron chi connectivity index (χ0n) is 21.7. The Morgan fingerprint density at radius 1 is 1.25 bits per heavy atom. The molecule has 0 bridgehead atoms. The van der Waals surface area contributed by atoms with Gasteiger partial charge in [0.15, 0.2) is 0 Å². The van der Waals surface area contributed by atoms with Crippen molar-refractivity contribution >= 4 is 22.6 Å². The maximum absolute atomic E-state index is 12.5. The van der Waals surface area contributed by atoms with E-state index in [4.69, 9.17) is 4.74 Å². The molecule has 0 fully saturated rings. The largest absolute Gasteiger partial charge is 1.00 e. The van der Waals surface area contributed by atoms with Crippen molar-refractivity contribution in [3.8, 4) is 5.75 Å². The maximum Gasteiger partial charge on any atom is 1.00 e. The summed E-state index contributed by atoms with van der Waals surface area (Å²) in [4.78, 5) is 45.1. The van der Waals surface area contributed by atoms with Crippen LogP contribution in [-0.4, -0.2) is 47.2 Å². The van der Waals surface area contributed by atoms with Crippen molar-refractivity contribution < 1.29 is 83.2 Å². The molecule has 190 valence electrons. The van der Waals surface area contributed by atoms with E-state index in [1.807, 2.05) is 18.7 Å². The standard InChI is InChI=1S/C23H27N5O5.C2H6.Cs/c1-5-27(16-7-8-18(25-14-16)22(30)33-4)10-9-24-13-15-11-19-17(12-20(15)32-3)21(29)28(6-2)23(31)26-19;1-2;/h7-8,11-12,14,24H,1,3,5-6,9-10,13H2,2,4H3,(H,26,31);1-2H3;/q-2;;+1. The Hall–Kier alpha value is -1.61. The van der Waals surface area contributed by atoms with Crippen LogP contribution in [0, 0.1) is 14.0 Å². The summed E-state index contributed by atoms with van der Waals surface area (Å²) >= 11 is 0. The zero-order chi connectivity index (χ0) is 26.0. The molecule has 0 aliphatic carbocycles. The fourth-order valence-electron chi connectivity index (χ4n) is 3.49. The topological polar surface area (TPSA) is 119 Å². The number of nitrogens with zero attached hydrogens (tertiary/aromatic N) is 3. The summed E-state index contributed by atoms with van der Waals surface area (Å²) in [5.41, 5.74) is 1.46. The summed E-state index contributed by atoms with van der Waals surface area (Å²) < 4.78 is 11.0. The van der Waals surface area contributed by atoms with Crippen LogP contribution in [0.5, 0.6) is 5.75 Å². The summed E-state index contributed by atoms with van der Waals surface area (Å²) in [6.07, 6.45) is 1.61. The third kappa shape index (κ3) is 7.94. The van der Waals surface area contributed by atoms with E-state index in [2.05, 4.69) is 34.1 Å². The van der Waals surface area contributed by atoms with Crippen LogP contribution in [0.3, 0.4) is 0 Å². The molecule has 3 rings (SSSR count). The van der Waals surface area contributed by atoms with Gasteiger partial charge in [-0.2, -0.15) is 7.11 Å². The van der Waals surface area contributed by atoms with E-state index in [9.17, 15) is 14.4 Å². The number of ether oxygens (including phenoxy) is 2. The van der Waals surface area contributed by atoms with Crippen molar-refractivity contribution in [1.82, 2.24) is 19.9 Å². The van der Waals surface area contributed by atoms with Crippen LogP contribution in [0.2, 0.25) is 0 Å². The van der Waals surface area contributed by atoms with Gasteiger partial charge in [-0.25, -0.2) is 14.6 Å². The van der Waals surface area contributed by atoms with E-state index in [-0.39, 0.29) is 86.7 Å². The van der Waals surface area contributed by atoms with Gasteiger partial charge in [0.1, 0.15) is 5.69 Å². The van der Waals surface area contributed by atoms with Gasteiger partial charge in [0.2, 0.25) is 0 Å². The van der Waals surface area contributed by atoms with Crippen molar-refractivity contribution in [2.45, 2.75) is 33.9 Å². The maximum atomic E-state index is 12.5. The molecule has 1 aromatic carbocycles. The van der Waals surface area contributed by atoms with Gasteiger partial charge >= 0.3 is 80.6 Å². The number of hydrogen-bond donors (Lipinski definition) is 2. The number of esters is 1. The summed E-state index contributed by atoms with van der Waals surface area (Å²) in [5, 5.41) is 3.68. The number of anilines is 1. The van der Waals surface area contributed by atoms with Gasteiger partial charge in [0, 0.05) is 31.7 Å². The summed E-state index contributed by atoms with van der Waals surface area (Å²) in [6, 6.07) is 6.72. The minimum atomic E-state index is -0.488. The molecule has 0 saturated carbocycles. The minimum Gasteiger partial charge on any atom is -0.665 e. The Labute approximate surface area is 270 Å². The number of rotatable bonds is 10. The van der Waals surface area contributed by atoms with Crippen molar-refractivity contribution in [2.24, 2.45) is 0 Å². The van der Waals surface area contributed by atoms with Crippen LogP contribution in [0.4, 0.5) is 5.69 Å². The van der Waals surface area contributed by atoms with E-state index in [1.54, 1.807) is 37.4 Å². The molecule has 0 spiro atoms.